The average Bonchev–Trinajstić information content (AvgIpc) is 2.89. The van der Waals surface area contributed by atoms with Crippen molar-refractivity contribution in [2.75, 3.05) is 11.9 Å². The average molecular weight is 454 g/mol. The van der Waals surface area contributed by atoms with E-state index in [1.54, 1.807) is 25.1 Å². The van der Waals surface area contributed by atoms with Crippen molar-refractivity contribution < 1.29 is 18.9 Å². The van der Waals surface area contributed by atoms with Crippen LogP contribution in [0.5, 0.6) is 0 Å². The number of amides is 2. The van der Waals surface area contributed by atoms with Gasteiger partial charge in [-0.25, -0.2) is 4.39 Å². The fraction of sp³-hybridized carbons (Fsp3) is 0.130. The Morgan fingerprint density at radius 1 is 1.16 bits per heavy atom. The number of anilines is 1. The summed E-state index contributed by atoms with van der Waals surface area (Å²) < 4.78 is 13.6. The van der Waals surface area contributed by atoms with E-state index in [1.807, 2.05) is 0 Å². The van der Waals surface area contributed by atoms with Crippen LogP contribution in [0, 0.1) is 22.9 Å². The molecule has 1 atom stereocenters. The minimum atomic E-state index is -0.781. The van der Waals surface area contributed by atoms with Crippen molar-refractivity contribution in [1.82, 2.24) is 4.90 Å². The fourth-order valence-electron chi connectivity index (χ4n) is 3.78. The number of carbonyl (C=O) groups is 2. The highest BCUT2D eigenvalue weighted by Crippen LogP contribution is 2.38. The van der Waals surface area contributed by atoms with Crippen molar-refractivity contribution in [3.8, 4) is 0 Å². The van der Waals surface area contributed by atoms with E-state index >= 15 is 0 Å². The molecule has 4 rings (SSSR count). The van der Waals surface area contributed by atoms with E-state index < -0.39 is 28.6 Å². The summed E-state index contributed by atoms with van der Waals surface area (Å²) in [5.41, 5.74) is 1.85. The summed E-state index contributed by atoms with van der Waals surface area (Å²) in [6, 6.07) is 13.8. The predicted octanol–water partition coefficient (Wildman–Crippen LogP) is 4.88. The molecule has 1 aliphatic heterocycles. The van der Waals surface area contributed by atoms with Crippen LogP contribution < -0.4 is 5.32 Å². The topological polar surface area (TPSA) is 92.6 Å². The van der Waals surface area contributed by atoms with Gasteiger partial charge >= 0.3 is 0 Å². The second kappa shape index (κ2) is 8.39. The third kappa shape index (κ3) is 4.04. The van der Waals surface area contributed by atoms with Crippen molar-refractivity contribution in [1.29, 1.82) is 0 Å². The number of hydrogen-bond donors (Lipinski definition) is 1. The highest BCUT2D eigenvalue weighted by Gasteiger charge is 2.34. The zero-order valence-electron chi connectivity index (χ0n) is 16.8. The normalized spacial score (nSPS) is 15.5. The summed E-state index contributed by atoms with van der Waals surface area (Å²) in [5, 5.41) is 14.5. The number of carbonyl (C=O) groups excluding carboxylic acids is 2. The van der Waals surface area contributed by atoms with Gasteiger partial charge in [0.2, 0.25) is 5.91 Å². The summed E-state index contributed by atoms with van der Waals surface area (Å²) in [6.45, 7) is 1.26. The van der Waals surface area contributed by atoms with Gasteiger partial charge in [-0.1, -0.05) is 29.8 Å². The van der Waals surface area contributed by atoms with Crippen LogP contribution in [0.15, 0.2) is 60.7 Å². The molecule has 0 bridgehead atoms. The molecule has 0 saturated carbocycles. The Hall–Kier alpha value is -3.78. The Morgan fingerprint density at radius 2 is 1.88 bits per heavy atom. The Balaban J connectivity index is 1.89. The fourth-order valence-corrected chi connectivity index (χ4v) is 3.96. The number of fused-ring (bicyclic) bond motifs is 1. The van der Waals surface area contributed by atoms with Gasteiger partial charge in [-0.15, -0.1) is 0 Å². The molecule has 1 N–H and O–H groups in total. The third-order valence-electron chi connectivity index (χ3n) is 5.31. The highest BCUT2D eigenvalue weighted by molar-refractivity contribution is 6.30. The molecule has 0 aliphatic carbocycles. The van der Waals surface area contributed by atoms with Gasteiger partial charge < -0.3 is 10.2 Å². The predicted molar refractivity (Wildman–Crippen MR) is 117 cm³/mol. The van der Waals surface area contributed by atoms with Gasteiger partial charge in [-0.3, -0.25) is 19.7 Å². The third-order valence-corrected chi connectivity index (χ3v) is 5.54. The van der Waals surface area contributed by atoms with E-state index in [1.165, 1.54) is 47.4 Å². The first-order valence-electron chi connectivity index (χ1n) is 9.65. The Morgan fingerprint density at radius 3 is 2.56 bits per heavy atom. The van der Waals surface area contributed by atoms with E-state index in [-0.39, 0.29) is 17.8 Å². The molecule has 0 saturated heterocycles. The standard InChI is InChI=1S/C23H17ClFN3O4/c1-13-2-3-15(10-20(13)28(31)32)23(30)27-12-21(29)26-19-9-6-16(24)11-18(19)22(27)14-4-7-17(25)8-5-14/h2-11,22H,12H2,1H3,(H,26,29). The first-order valence-corrected chi connectivity index (χ1v) is 10.0. The summed E-state index contributed by atoms with van der Waals surface area (Å²) >= 11 is 6.21. The number of aryl methyl sites for hydroxylation is 1. The molecular weight excluding hydrogens is 437 g/mol. The molecular formula is C23H17ClFN3O4. The number of benzene rings is 3. The van der Waals surface area contributed by atoms with E-state index in [4.69, 9.17) is 11.6 Å². The van der Waals surface area contributed by atoms with Crippen molar-refractivity contribution in [2.45, 2.75) is 13.0 Å². The quantitative estimate of drug-likeness (QED) is 0.452. The number of hydrogen-bond acceptors (Lipinski definition) is 4. The summed E-state index contributed by atoms with van der Waals surface area (Å²) in [6.07, 6.45) is 0. The first kappa shape index (κ1) is 21.5. The second-order valence-corrected chi connectivity index (χ2v) is 7.86. The van der Waals surface area contributed by atoms with Crippen LogP contribution in [-0.2, 0) is 4.79 Å². The van der Waals surface area contributed by atoms with Crippen LogP contribution >= 0.6 is 11.6 Å². The van der Waals surface area contributed by atoms with Crippen LogP contribution in [0.3, 0.4) is 0 Å². The van der Waals surface area contributed by atoms with Gasteiger partial charge in [-0.2, -0.15) is 0 Å². The molecule has 7 nitrogen and oxygen atoms in total. The number of halogens is 2. The van der Waals surface area contributed by atoms with Crippen LogP contribution in [0.2, 0.25) is 5.02 Å². The molecule has 1 heterocycles. The number of nitrogens with one attached hydrogen (secondary N) is 1. The van der Waals surface area contributed by atoms with Crippen molar-refractivity contribution >= 4 is 34.8 Å². The molecule has 0 aromatic heterocycles. The maximum absolute atomic E-state index is 13.6. The van der Waals surface area contributed by atoms with Gasteiger partial charge in [-0.05, 0) is 48.9 Å². The van der Waals surface area contributed by atoms with Gasteiger partial charge in [0.05, 0.1) is 11.0 Å². The summed E-state index contributed by atoms with van der Waals surface area (Å²) in [7, 11) is 0. The number of nitro groups is 1. The van der Waals surface area contributed by atoms with Gasteiger partial charge in [0.15, 0.2) is 0 Å². The first-order chi connectivity index (χ1) is 15.2. The largest absolute Gasteiger partial charge is 0.324 e. The van der Waals surface area contributed by atoms with E-state index in [2.05, 4.69) is 5.32 Å². The zero-order chi connectivity index (χ0) is 23.0. The molecule has 1 unspecified atom stereocenters. The number of nitro benzene ring substituents is 1. The SMILES string of the molecule is Cc1ccc(C(=O)N2CC(=O)Nc3ccc(Cl)cc3C2c2ccc(F)cc2)cc1[N+](=O)[O-]. The Labute approximate surface area is 187 Å². The molecule has 162 valence electrons. The van der Waals surface area contributed by atoms with E-state index in [0.717, 1.165) is 0 Å². The molecule has 1 aliphatic rings. The van der Waals surface area contributed by atoms with Crippen molar-refractivity contribution in [3.05, 3.63) is 104 Å². The minimum absolute atomic E-state index is 0.0627. The van der Waals surface area contributed by atoms with E-state index in [9.17, 15) is 24.1 Å². The van der Waals surface area contributed by atoms with E-state index in [0.29, 0.717) is 27.4 Å². The van der Waals surface area contributed by atoms with Gasteiger partial charge in [0.1, 0.15) is 12.4 Å². The second-order valence-electron chi connectivity index (χ2n) is 7.43. The Kier molecular flexibility index (Phi) is 5.63. The van der Waals surface area contributed by atoms with Crippen LogP contribution in [0.4, 0.5) is 15.8 Å². The lowest BCUT2D eigenvalue weighted by Crippen LogP contribution is -2.39. The maximum Gasteiger partial charge on any atom is 0.273 e. The lowest BCUT2D eigenvalue weighted by Gasteiger charge is -2.30. The summed E-state index contributed by atoms with van der Waals surface area (Å²) in [4.78, 5) is 38.3. The highest BCUT2D eigenvalue weighted by atomic mass is 35.5. The molecule has 32 heavy (non-hydrogen) atoms. The van der Waals surface area contributed by atoms with Crippen LogP contribution in [-0.4, -0.2) is 28.2 Å². The lowest BCUT2D eigenvalue weighted by atomic mass is 9.95. The molecule has 3 aromatic rings. The smallest absolute Gasteiger partial charge is 0.273 e. The maximum atomic E-state index is 13.6. The molecule has 0 fully saturated rings. The van der Waals surface area contributed by atoms with Gasteiger partial charge in [0.25, 0.3) is 11.6 Å². The van der Waals surface area contributed by atoms with Crippen molar-refractivity contribution in [2.24, 2.45) is 0 Å². The lowest BCUT2D eigenvalue weighted by molar-refractivity contribution is -0.385. The van der Waals surface area contributed by atoms with Crippen molar-refractivity contribution in [3.63, 3.8) is 0 Å². The van der Waals surface area contributed by atoms with Crippen LogP contribution in [0.25, 0.3) is 0 Å². The minimum Gasteiger partial charge on any atom is -0.324 e. The summed E-state index contributed by atoms with van der Waals surface area (Å²) in [5.74, 6) is -1.46. The molecule has 2 amide bonds. The number of rotatable bonds is 3. The van der Waals surface area contributed by atoms with Gasteiger partial charge in [0, 0.05) is 33.5 Å². The molecule has 9 heteroatoms. The molecule has 3 aromatic carbocycles. The Bertz CT molecular complexity index is 1250. The molecule has 0 spiro atoms. The monoisotopic (exact) mass is 453 g/mol. The van der Waals surface area contributed by atoms with Crippen LogP contribution in [0.1, 0.15) is 33.1 Å². The number of nitrogens with zero attached hydrogens (tertiary/aromatic N) is 2. The zero-order valence-corrected chi connectivity index (χ0v) is 17.6. The molecule has 0 radical (unpaired) electrons.